The number of rotatable bonds is 4. The van der Waals surface area contributed by atoms with Gasteiger partial charge in [-0.15, -0.1) is 0 Å². The van der Waals surface area contributed by atoms with Gasteiger partial charge in [0.1, 0.15) is 0 Å². The molecule has 3 nitrogen and oxygen atoms in total. The van der Waals surface area contributed by atoms with Crippen molar-refractivity contribution in [3.8, 4) is 0 Å². The van der Waals surface area contributed by atoms with E-state index in [2.05, 4.69) is 4.72 Å². The van der Waals surface area contributed by atoms with Crippen LogP contribution in [0.25, 0.3) is 0 Å². The predicted octanol–water partition coefficient (Wildman–Crippen LogP) is 5.12. The van der Waals surface area contributed by atoms with Crippen LogP contribution >= 0.6 is 35.1 Å². The van der Waals surface area contributed by atoms with E-state index in [9.17, 15) is 4.79 Å². The normalized spacial score (nSPS) is 10.3. The summed E-state index contributed by atoms with van der Waals surface area (Å²) in [6.45, 7) is 1.92. The van der Waals surface area contributed by atoms with Crippen LogP contribution in [0.2, 0.25) is 10.0 Å². The number of carboxylic acid groups (broad SMARTS) is 1. The van der Waals surface area contributed by atoms with E-state index < -0.39 is 5.97 Å². The van der Waals surface area contributed by atoms with Crippen LogP contribution in [-0.4, -0.2) is 11.1 Å². The Labute approximate surface area is 131 Å². The van der Waals surface area contributed by atoms with Crippen molar-refractivity contribution in [1.29, 1.82) is 0 Å². The summed E-state index contributed by atoms with van der Waals surface area (Å²) in [6, 6.07) is 10.2. The van der Waals surface area contributed by atoms with Gasteiger partial charge in [0.05, 0.1) is 11.3 Å². The van der Waals surface area contributed by atoms with Gasteiger partial charge in [-0.3, -0.25) is 0 Å². The van der Waals surface area contributed by atoms with Crippen LogP contribution in [-0.2, 0) is 0 Å². The van der Waals surface area contributed by atoms with E-state index in [0.717, 1.165) is 10.5 Å². The Morgan fingerprint density at radius 1 is 1.20 bits per heavy atom. The minimum absolute atomic E-state index is 0.167. The standard InChI is InChI=1S/C14H11Cl2NO2S/c1-8-2-4-10(7-12(8)16)20-17-13-6-9(15)3-5-11(13)14(18)19/h2-7,17H,1H3,(H,18,19). The number of aromatic carboxylic acids is 1. The molecule has 0 bridgehead atoms. The molecule has 6 heteroatoms. The van der Waals surface area contributed by atoms with Crippen molar-refractivity contribution >= 4 is 46.8 Å². The summed E-state index contributed by atoms with van der Waals surface area (Å²) in [5, 5.41) is 10.3. The lowest BCUT2D eigenvalue weighted by Crippen LogP contribution is -2.01. The van der Waals surface area contributed by atoms with Crippen molar-refractivity contribution in [3.63, 3.8) is 0 Å². The summed E-state index contributed by atoms with van der Waals surface area (Å²) in [4.78, 5) is 12.0. The maximum absolute atomic E-state index is 11.1. The van der Waals surface area contributed by atoms with Crippen molar-refractivity contribution in [2.75, 3.05) is 4.72 Å². The number of carboxylic acids is 1. The molecule has 0 spiro atoms. The molecule has 0 saturated carbocycles. The van der Waals surface area contributed by atoms with Crippen LogP contribution in [0.3, 0.4) is 0 Å². The third kappa shape index (κ3) is 3.60. The SMILES string of the molecule is Cc1ccc(SNc2cc(Cl)ccc2C(=O)O)cc1Cl. The first kappa shape index (κ1) is 15.0. The molecular weight excluding hydrogens is 317 g/mol. The van der Waals surface area contributed by atoms with Crippen LogP contribution in [0, 0.1) is 6.92 Å². The summed E-state index contributed by atoms with van der Waals surface area (Å²) in [7, 11) is 0. The first-order valence-electron chi connectivity index (χ1n) is 5.69. The van der Waals surface area contributed by atoms with E-state index in [4.69, 9.17) is 28.3 Å². The second kappa shape index (κ2) is 6.39. The number of hydrogen-bond donors (Lipinski definition) is 2. The fourth-order valence-electron chi connectivity index (χ4n) is 1.54. The number of aryl methyl sites for hydroxylation is 1. The van der Waals surface area contributed by atoms with E-state index >= 15 is 0 Å². The molecule has 0 radical (unpaired) electrons. The van der Waals surface area contributed by atoms with Crippen molar-refractivity contribution < 1.29 is 9.90 Å². The number of nitrogens with one attached hydrogen (secondary N) is 1. The Bertz CT molecular complexity index is 662. The van der Waals surface area contributed by atoms with E-state index in [1.54, 1.807) is 12.1 Å². The smallest absolute Gasteiger partial charge is 0.337 e. The molecule has 2 aromatic rings. The lowest BCUT2D eigenvalue weighted by Gasteiger charge is -2.10. The van der Waals surface area contributed by atoms with Gasteiger partial charge in [-0.05, 0) is 54.8 Å². The highest BCUT2D eigenvalue weighted by Gasteiger charge is 2.10. The average Bonchev–Trinajstić information content (AvgIpc) is 2.40. The Kier molecular flexibility index (Phi) is 4.81. The zero-order valence-electron chi connectivity index (χ0n) is 10.5. The highest BCUT2D eigenvalue weighted by Crippen LogP contribution is 2.29. The fraction of sp³-hybridized carbons (Fsp3) is 0.0714. The monoisotopic (exact) mass is 327 g/mol. The minimum Gasteiger partial charge on any atom is -0.478 e. The molecule has 104 valence electrons. The molecule has 0 heterocycles. The number of benzene rings is 2. The zero-order valence-corrected chi connectivity index (χ0v) is 12.8. The second-order valence-corrected chi connectivity index (χ2v) is 5.83. The molecular formula is C14H11Cl2NO2S. The van der Waals surface area contributed by atoms with Gasteiger partial charge >= 0.3 is 5.97 Å². The van der Waals surface area contributed by atoms with Gasteiger partial charge < -0.3 is 9.83 Å². The molecule has 0 aliphatic carbocycles. The van der Waals surface area contributed by atoms with Crippen LogP contribution in [0.1, 0.15) is 15.9 Å². The Hall–Kier alpha value is -1.36. The quantitative estimate of drug-likeness (QED) is 0.765. The fourth-order valence-corrected chi connectivity index (χ4v) is 2.67. The molecule has 0 amide bonds. The minimum atomic E-state index is -1.01. The van der Waals surface area contributed by atoms with Gasteiger partial charge in [-0.2, -0.15) is 0 Å². The lowest BCUT2D eigenvalue weighted by atomic mass is 10.2. The molecule has 2 rings (SSSR count). The van der Waals surface area contributed by atoms with Crippen molar-refractivity contribution in [2.45, 2.75) is 11.8 Å². The number of halogens is 2. The van der Waals surface area contributed by atoms with E-state index in [1.807, 2.05) is 25.1 Å². The average molecular weight is 328 g/mol. The maximum Gasteiger partial charge on any atom is 0.337 e. The van der Waals surface area contributed by atoms with Crippen LogP contribution < -0.4 is 4.72 Å². The van der Waals surface area contributed by atoms with Gasteiger partial charge in [-0.1, -0.05) is 29.3 Å². The second-order valence-electron chi connectivity index (χ2n) is 4.11. The Balaban J connectivity index is 2.20. The Morgan fingerprint density at radius 2 is 1.95 bits per heavy atom. The highest BCUT2D eigenvalue weighted by molar-refractivity contribution is 8.00. The van der Waals surface area contributed by atoms with E-state index in [0.29, 0.717) is 15.7 Å². The van der Waals surface area contributed by atoms with Crippen molar-refractivity contribution in [1.82, 2.24) is 0 Å². The Morgan fingerprint density at radius 3 is 2.60 bits per heavy atom. The van der Waals surface area contributed by atoms with Gasteiger partial charge in [0.2, 0.25) is 0 Å². The van der Waals surface area contributed by atoms with E-state index in [-0.39, 0.29) is 5.56 Å². The molecule has 2 N–H and O–H groups in total. The van der Waals surface area contributed by atoms with E-state index in [1.165, 1.54) is 18.0 Å². The molecule has 0 unspecified atom stereocenters. The highest BCUT2D eigenvalue weighted by atomic mass is 35.5. The molecule has 0 saturated heterocycles. The van der Waals surface area contributed by atoms with Crippen molar-refractivity contribution in [2.24, 2.45) is 0 Å². The topological polar surface area (TPSA) is 49.3 Å². The predicted molar refractivity (Wildman–Crippen MR) is 84.1 cm³/mol. The van der Waals surface area contributed by atoms with Gasteiger partial charge in [0, 0.05) is 14.9 Å². The summed E-state index contributed by atoms with van der Waals surface area (Å²) >= 11 is 13.2. The summed E-state index contributed by atoms with van der Waals surface area (Å²) in [5.41, 5.74) is 1.61. The van der Waals surface area contributed by atoms with Gasteiger partial charge in [0.15, 0.2) is 0 Å². The molecule has 0 aliphatic heterocycles. The van der Waals surface area contributed by atoms with Gasteiger partial charge in [0.25, 0.3) is 0 Å². The van der Waals surface area contributed by atoms with Crippen LogP contribution in [0.4, 0.5) is 5.69 Å². The largest absolute Gasteiger partial charge is 0.478 e. The lowest BCUT2D eigenvalue weighted by molar-refractivity contribution is 0.0698. The summed E-state index contributed by atoms with van der Waals surface area (Å²) < 4.78 is 2.99. The van der Waals surface area contributed by atoms with Gasteiger partial charge in [-0.25, -0.2) is 4.79 Å². The van der Waals surface area contributed by atoms with Crippen LogP contribution in [0.5, 0.6) is 0 Å². The molecule has 20 heavy (non-hydrogen) atoms. The molecule has 2 aromatic carbocycles. The van der Waals surface area contributed by atoms with Crippen LogP contribution in [0.15, 0.2) is 41.3 Å². The number of hydrogen-bond acceptors (Lipinski definition) is 3. The number of carbonyl (C=O) groups is 1. The number of anilines is 1. The zero-order chi connectivity index (χ0) is 14.7. The summed E-state index contributed by atoms with van der Waals surface area (Å²) in [6.07, 6.45) is 0. The first-order valence-corrected chi connectivity index (χ1v) is 7.26. The first-order chi connectivity index (χ1) is 9.47. The molecule has 0 aromatic heterocycles. The third-order valence-corrected chi connectivity index (χ3v) is 4.09. The molecule has 0 atom stereocenters. The molecule has 0 aliphatic rings. The molecule has 0 fully saturated rings. The maximum atomic E-state index is 11.1. The third-order valence-electron chi connectivity index (χ3n) is 2.63. The summed E-state index contributed by atoms with van der Waals surface area (Å²) in [5.74, 6) is -1.01. The van der Waals surface area contributed by atoms with Crippen molar-refractivity contribution in [3.05, 3.63) is 57.6 Å².